The van der Waals surface area contributed by atoms with Gasteiger partial charge in [-0.1, -0.05) is 13.8 Å². The van der Waals surface area contributed by atoms with Gasteiger partial charge in [0.1, 0.15) is 0 Å². The van der Waals surface area contributed by atoms with E-state index in [1.807, 2.05) is 13.8 Å². The lowest BCUT2D eigenvalue weighted by atomic mass is 9.81. The van der Waals surface area contributed by atoms with Gasteiger partial charge in [-0.25, -0.2) is 0 Å². The lowest BCUT2D eigenvalue weighted by Gasteiger charge is -2.32. The third-order valence-electron chi connectivity index (χ3n) is 2.94. The van der Waals surface area contributed by atoms with Gasteiger partial charge >= 0.3 is 0 Å². The predicted octanol–water partition coefficient (Wildman–Crippen LogP) is -0.305. The quantitative estimate of drug-likeness (QED) is 0.637. The molecule has 0 aromatic rings. The molecule has 0 aromatic carbocycles. The molecule has 2 amide bonds. The molecule has 0 atom stereocenters. The van der Waals surface area contributed by atoms with Crippen molar-refractivity contribution in [3.8, 4) is 0 Å². The standard InChI is InChI=1S/C10H21N3O2/c1-4-10(5-2,7-11)9(15)13(3)6-8(12)14/h4-7,11H2,1-3H3,(H2,12,14). The number of likely N-dealkylation sites (N-methyl/N-ethyl adjacent to an activating group) is 1. The van der Waals surface area contributed by atoms with E-state index in [1.165, 1.54) is 4.90 Å². The molecule has 4 N–H and O–H groups in total. The van der Waals surface area contributed by atoms with Crippen molar-refractivity contribution in [3.63, 3.8) is 0 Å². The van der Waals surface area contributed by atoms with Crippen LogP contribution in [0.1, 0.15) is 26.7 Å². The highest BCUT2D eigenvalue weighted by atomic mass is 16.2. The average molecular weight is 215 g/mol. The molecular weight excluding hydrogens is 194 g/mol. The average Bonchev–Trinajstić information content (AvgIpc) is 2.20. The van der Waals surface area contributed by atoms with Crippen molar-refractivity contribution in [2.45, 2.75) is 26.7 Å². The highest BCUT2D eigenvalue weighted by Crippen LogP contribution is 2.27. The van der Waals surface area contributed by atoms with Crippen molar-refractivity contribution >= 4 is 11.8 Å². The van der Waals surface area contributed by atoms with Crippen molar-refractivity contribution in [2.24, 2.45) is 16.9 Å². The first-order valence-corrected chi connectivity index (χ1v) is 5.17. The van der Waals surface area contributed by atoms with E-state index in [0.29, 0.717) is 19.4 Å². The van der Waals surface area contributed by atoms with E-state index in [9.17, 15) is 9.59 Å². The molecule has 0 aliphatic carbocycles. The maximum atomic E-state index is 12.0. The van der Waals surface area contributed by atoms with Crippen LogP contribution in [0, 0.1) is 5.41 Å². The Labute approximate surface area is 90.8 Å². The van der Waals surface area contributed by atoms with Crippen LogP contribution in [-0.2, 0) is 9.59 Å². The Morgan fingerprint density at radius 3 is 2.00 bits per heavy atom. The van der Waals surface area contributed by atoms with Crippen LogP contribution in [-0.4, -0.2) is 36.9 Å². The second-order valence-electron chi connectivity index (χ2n) is 3.82. The van der Waals surface area contributed by atoms with Crippen molar-refractivity contribution in [2.75, 3.05) is 20.1 Å². The van der Waals surface area contributed by atoms with Gasteiger partial charge in [-0.15, -0.1) is 0 Å². The highest BCUT2D eigenvalue weighted by Gasteiger charge is 2.35. The largest absolute Gasteiger partial charge is 0.368 e. The predicted molar refractivity (Wildman–Crippen MR) is 58.9 cm³/mol. The first-order chi connectivity index (χ1) is 6.93. The molecule has 0 rings (SSSR count). The summed E-state index contributed by atoms with van der Waals surface area (Å²) in [7, 11) is 1.57. The van der Waals surface area contributed by atoms with Gasteiger partial charge in [0, 0.05) is 13.6 Å². The molecule has 0 fully saturated rings. The number of nitrogens with two attached hydrogens (primary N) is 2. The second kappa shape index (κ2) is 5.70. The number of hydrogen-bond acceptors (Lipinski definition) is 3. The van der Waals surface area contributed by atoms with Gasteiger partial charge in [-0.2, -0.15) is 0 Å². The lowest BCUT2D eigenvalue weighted by molar-refractivity contribution is -0.143. The molecule has 0 heterocycles. The topological polar surface area (TPSA) is 89.4 Å². The Kier molecular flexibility index (Phi) is 5.28. The van der Waals surface area contributed by atoms with Crippen LogP contribution >= 0.6 is 0 Å². The van der Waals surface area contributed by atoms with Gasteiger partial charge < -0.3 is 16.4 Å². The summed E-state index contributed by atoms with van der Waals surface area (Å²) in [6.45, 7) is 4.08. The molecule has 0 bridgehead atoms. The summed E-state index contributed by atoms with van der Waals surface area (Å²) < 4.78 is 0. The van der Waals surface area contributed by atoms with Gasteiger partial charge in [-0.3, -0.25) is 9.59 Å². The van der Waals surface area contributed by atoms with E-state index in [4.69, 9.17) is 11.5 Å². The summed E-state index contributed by atoms with van der Waals surface area (Å²) in [4.78, 5) is 24.1. The smallest absolute Gasteiger partial charge is 0.237 e. The lowest BCUT2D eigenvalue weighted by Crippen LogP contribution is -2.48. The van der Waals surface area contributed by atoms with Crippen LogP contribution in [0.25, 0.3) is 0 Å². The zero-order valence-corrected chi connectivity index (χ0v) is 9.75. The van der Waals surface area contributed by atoms with E-state index in [1.54, 1.807) is 7.05 Å². The Bertz CT molecular complexity index is 229. The minimum absolute atomic E-state index is 0.0550. The van der Waals surface area contributed by atoms with E-state index in [2.05, 4.69) is 0 Å². The molecule has 0 aliphatic heterocycles. The first kappa shape index (κ1) is 13.9. The molecule has 5 nitrogen and oxygen atoms in total. The van der Waals surface area contributed by atoms with Crippen LogP contribution in [0.15, 0.2) is 0 Å². The number of hydrogen-bond donors (Lipinski definition) is 2. The van der Waals surface area contributed by atoms with Gasteiger partial charge in [-0.05, 0) is 12.8 Å². The first-order valence-electron chi connectivity index (χ1n) is 5.17. The number of rotatable bonds is 6. The molecule has 0 aliphatic rings. The SMILES string of the molecule is CCC(CC)(CN)C(=O)N(C)CC(N)=O. The third kappa shape index (κ3) is 3.20. The zero-order valence-electron chi connectivity index (χ0n) is 9.75. The number of nitrogens with zero attached hydrogens (tertiary/aromatic N) is 1. The fourth-order valence-corrected chi connectivity index (χ4v) is 1.64. The van der Waals surface area contributed by atoms with Gasteiger partial charge in [0.15, 0.2) is 0 Å². The molecule has 0 radical (unpaired) electrons. The second-order valence-corrected chi connectivity index (χ2v) is 3.82. The van der Waals surface area contributed by atoms with Gasteiger partial charge in [0.05, 0.1) is 12.0 Å². The molecule has 15 heavy (non-hydrogen) atoms. The van der Waals surface area contributed by atoms with Crippen molar-refractivity contribution in [1.82, 2.24) is 4.90 Å². The molecule has 5 heteroatoms. The van der Waals surface area contributed by atoms with Crippen LogP contribution in [0.4, 0.5) is 0 Å². The van der Waals surface area contributed by atoms with Crippen LogP contribution in [0.5, 0.6) is 0 Å². The Morgan fingerprint density at radius 1 is 1.27 bits per heavy atom. The van der Waals surface area contributed by atoms with Gasteiger partial charge in [0.25, 0.3) is 0 Å². The normalized spacial score (nSPS) is 11.2. The monoisotopic (exact) mass is 215 g/mol. The number of carbonyl (C=O) groups excluding carboxylic acids is 2. The van der Waals surface area contributed by atoms with Crippen molar-refractivity contribution < 1.29 is 9.59 Å². The van der Waals surface area contributed by atoms with E-state index < -0.39 is 11.3 Å². The van der Waals surface area contributed by atoms with Crippen molar-refractivity contribution in [1.29, 1.82) is 0 Å². The molecular formula is C10H21N3O2. The highest BCUT2D eigenvalue weighted by molar-refractivity contribution is 5.87. The fourth-order valence-electron chi connectivity index (χ4n) is 1.64. The van der Waals surface area contributed by atoms with E-state index in [0.717, 1.165) is 0 Å². The maximum Gasteiger partial charge on any atom is 0.237 e. The van der Waals surface area contributed by atoms with E-state index in [-0.39, 0.29) is 12.5 Å². The van der Waals surface area contributed by atoms with Gasteiger partial charge in [0.2, 0.25) is 11.8 Å². The Balaban J connectivity index is 4.70. The van der Waals surface area contributed by atoms with Crippen molar-refractivity contribution in [3.05, 3.63) is 0 Å². The fraction of sp³-hybridized carbons (Fsp3) is 0.800. The molecule has 0 aromatic heterocycles. The molecule has 0 spiro atoms. The number of carbonyl (C=O) groups is 2. The Morgan fingerprint density at radius 2 is 1.73 bits per heavy atom. The minimum Gasteiger partial charge on any atom is -0.368 e. The summed E-state index contributed by atoms with van der Waals surface area (Å²) in [6.07, 6.45) is 1.34. The van der Waals surface area contributed by atoms with Crippen LogP contribution in [0.2, 0.25) is 0 Å². The Hall–Kier alpha value is -1.10. The van der Waals surface area contributed by atoms with E-state index >= 15 is 0 Å². The third-order valence-corrected chi connectivity index (χ3v) is 2.94. The summed E-state index contributed by atoms with van der Waals surface area (Å²) in [5.74, 6) is -0.613. The molecule has 0 saturated heterocycles. The summed E-state index contributed by atoms with van der Waals surface area (Å²) in [5.41, 5.74) is 10.1. The summed E-state index contributed by atoms with van der Waals surface area (Å²) >= 11 is 0. The van der Waals surface area contributed by atoms with Crippen LogP contribution in [0.3, 0.4) is 0 Å². The molecule has 0 saturated carbocycles. The molecule has 0 unspecified atom stereocenters. The number of primary amides is 1. The zero-order chi connectivity index (χ0) is 12.1. The summed E-state index contributed by atoms with van der Waals surface area (Å²) in [5, 5.41) is 0. The maximum absolute atomic E-state index is 12.0. The summed E-state index contributed by atoms with van der Waals surface area (Å²) in [6, 6.07) is 0. The molecule has 88 valence electrons. The van der Waals surface area contributed by atoms with Crippen LogP contribution < -0.4 is 11.5 Å². The minimum atomic E-state index is -0.551. The number of amides is 2.